The zero-order valence-corrected chi connectivity index (χ0v) is 20.2. The number of carbonyl (C=O) groups excluding carboxylic acids is 2. The van der Waals surface area contributed by atoms with Gasteiger partial charge in [-0.25, -0.2) is 4.79 Å². The lowest BCUT2D eigenvalue weighted by molar-refractivity contribution is -0.122. The molecule has 1 N–H and O–H groups in total. The fourth-order valence-electron chi connectivity index (χ4n) is 4.64. The molecule has 0 spiro atoms. The van der Waals surface area contributed by atoms with Crippen molar-refractivity contribution >= 4 is 17.7 Å². The lowest BCUT2D eigenvalue weighted by Crippen LogP contribution is -2.46. The Labute approximate surface area is 193 Å². The number of anilines is 1. The van der Waals surface area contributed by atoms with Crippen molar-refractivity contribution in [2.45, 2.75) is 45.6 Å². The van der Waals surface area contributed by atoms with Gasteiger partial charge in [0.1, 0.15) is 5.60 Å². The van der Waals surface area contributed by atoms with Gasteiger partial charge in [0.25, 0.3) is 0 Å². The molecule has 2 heterocycles. The van der Waals surface area contributed by atoms with Gasteiger partial charge < -0.3 is 19.9 Å². The molecule has 32 heavy (non-hydrogen) atoms. The smallest absolute Gasteiger partial charge is 0.410 e. The number of hydrogen-bond acceptors (Lipinski definition) is 5. The van der Waals surface area contributed by atoms with E-state index in [0.717, 1.165) is 52.0 Å². The number of benzene rings is 1. The third-order valence-corrected chi connectivity index (χ3v) is 6.20. The maximum absolute atomic E-state index is 12.6. The first-order valence-electron chi connectivity index (χ1n) is 11.9. The van der Waals surface area contributed by atoms with Gasteiger partial charge in [0.15, 0.2) is 0 Å². The Morgan fingerprint density at radius 3 is 2.56 bits per heavy atom. The van der Waals surface area contributed by atoms with Crippen molar-refractivity contribution in [3.8, 4) is 0 Å². The summed E-state index contributed by atoms with van der Waals surface area (Å²) in [5.74, 6) is 0.961. The SMILES string of the molecule is CN(CC1CCCN(CC(=O)NCC2CCN(c3ccccc3)C2)C1)C(=O)OC(C)(C)C. The molecular weight excluding hydrogens is 404 g/mol. The number of ether oxygens (including phenoxy) is 1. The van der Waals surface area contributed by atoms with E-state index in [1.54, 1.807) is 11.9 Å². The van der Waals surface area contributed by atoms with E-state index >= 15 is 0 Å². The summed E-state index contributed by atoms with van der Waals surface area (Å²) in [5.41, 5.74) is 0.775. The Kier molecular flexibility index (Phi) is 8.40. The van der Waals surface area contributed by atoms with Crippen LogP contribution in [0.15, 0.2) is 30.3 Å². The molecule has 3 rings (SSSR count). The van der Waals surface area contributed by atoms with Crippen LogP contribution in [0.5, 0.6) is 0 Å². The minimum absolute atomic E-state index is 0.101. The number of amides is 2. The van der Waals surface area contributed by atoms with E-state index < -0.39 is 5.60 Å². The quantitative estimate of drug-likeness (QED) is 0.700. The molecule has 2 aliphatic rings. The van der Waals surface area contributed by atoms with Crippen molar-refractivity contribution in [3.05, 3.63) is 30.3 Å². The van der Waals surface area contributed by atoms with Crippen LogP contribution < -0.4 is 10.2 Å². The van der Waals surface area contributed by atoms with Crippen molar-refractivity contribution in [3.63, 3.8) is 0 Å². The van der Waals surface area contributed by atoms with Crippen LogP contribution in [0.25, 0.3) is 0 Å². The normalized spacial score (nSPS) is 21.9. The Hall–Kier alpha value is -2.28. The fourth-order valence-corrected chi connectivity index (χ4v) is 4.64. The zero-order valence-electron chi connectivity index (χ0n) is 20.2. The predicted octanol–water partition coefficient (Wildman–Crippen LogP) is 3.21. The number of nitrogens with one attached hydrogen (secondary N) is 1. The molecule has 2 saturated heterocycles. The molecule has 0 aromatic heterocycles. The average molecular weight is 445 g/mol. The second-order valence-electron chi connectivity index (χ2n) is 10.3. The molecule has 1 aromatic carbocycles. The molecule has 2 atom stereocenters. The van der Waals surface area contributed by atoms with Gasteiger partial charge >= 0.3 is 6.09 Å². The minimum atomic E-state index is -0.487. The highest BCUT2D eigenvalue weighted by atomic mass is 16.6. The molecule has 7 nitrogen and oxygen atoms in total. The van der Waals surface area contributed by atoms with Crippen molar-refractivity contribution in [2.24, 2.45) is 11.8 Å². The number of hydrogen-bond donors (Lipinski definition) is 1. The highest BCUT2D eigenvalue weighted by molar-refractivity contribution is 5.78. The van der Waals surface area contributed by atoms with Gasteiger partial charge in [0.05, 0.1) is 6.54 Å². The van der Waals surface area contributed by atoms with Crippen LogP contribution >= 0.6 is 0 Å². The molecule has 2 unspecified atom stereocenters. The number of carbonyl (C=O) groups is 2. The van der Waals surface area contributed by atoms with Gasteiger partial charge in [-0.05, 0) is 70.5 Å². The Morgan fingerprint density at radius 2 is 1.84 bits per heavy atom. The summed E-state index contributed by atoms with van der Waals surface area (Å²) in [5, 5.41) is 3.15. The summed E-state index contributed by atoms with van der Waals surface area (Å²) in [4.78, 5) is 31.1. The maximum atomic E-state index is 12.6. The van der Waals surface area contributed by atoms with Gasteiger partial charge in [0, 0.05) is 45.5 Å². The summed E-state index contributed by atoms with van der Waals surface area (Å²) in [7, 11) is 1.79. The van der Waals surface area contributed by atoms with Gasteiger partial charge in [-0.3, -0.25) is 9.69 Å². The topological polar surface area (TPSA) is 65.1 Å². The van der Waals surface area contributed by atoms with E-state index in [1.165, 1.54) is 5.69 Å². The summed E-state index contributed by atoms with van der Waals surface area (Å²) >= 11 is 0. The monoisotopic (exact) mass is 444 g/mol. The molecule has 0 aliphatic carbocycles. The largest absolute Gasteiger partial charge is 0.444 e. The van der Waals surface area contributed by atoms with Crippen LogP contribution in [0.3, 0.4) is 0 Å². The summed E-state index contributed by atoms with van der Waals surface area (Å²) in [6.45, 7) is 11.3. The van der Waals surface area contributed by atoms with Gasteiger partial charge in [-0.2, -0.15) is 0 Å². The van der Waals surface area contributed by atoms with E-state index in [9.17, 15) is 9.59 Å². The van der Waals surface area contributed by atoms with Crippen molar-refractivity contribution in [1.82, 2.24) is 15.1 Å². The Morgan fingerprint density at radius 1 is 1.09 bits per heavy atom. The highest BCUT2D eigenvalue weighted by Crippen LogP contribution is 2.23. The van der Waals surface area contributed by atoms with E-state index in [4.69, 9.17) is 4.74 Å². The summed E-state index contributed by atoms with van der Waals surface area (Å²) < 4.78 is 5.45. The minimum Gasteiger partial charge on any atom is -0.444 e. The van der Waals surface area contributed by atoms with Gasteiger partial charge in [-0.15, -0.1) is 0 Å². The lowest BCUT2D eigenvalue weighted by atomic mass is 9.97. The number of nitrogens with zero attached hydrogens (tertiary/aromatic N) is 3. The van der Waals surface area contributed by atoms with E-state index in [1.807, 2.05) is 26.8 Å². The van der Waals surface area contributed by atoms with Crippen LogP contribution in [0, 0.1) is 11.8 Å². The molecule has 0 bridgehead atoms. The van der Waals surface area contributed by atoms with E-state index in [0.29, 0.717) is 24.9 Å². The number of para-hydroxylation sites is 1. The molecule has 2 fully saturated rings. The molecule has 1 aromatic rings. The van der Waals surface area contributed by atoms with Crippen LogP contribution in [-0.2, 0) is 9.53 Å². The average Bonchev–Trinajstić information content (AvgIpc) is 3.21. The van der Waals surface area contributed by atoms with Crippen LogP contribution in [0.4, 0.5) is 10.5 Å². The van der Waals surface area contributed by atoms with Crippen molar-refractivity contribution in [2.75, 3.05) is 57.8 Å². The standard InChI is InChI=1S/C25H40N4O3/c1-25(2,3)32-24(31)27(4)16-21-9-8-13-28(17-21)19-23(30)26-15-20-12-14-29(18-20)22-10-6-5-7-11-22/h5-7,10-11,20-21H,8-9,12-19H2,1-4H3,(H,26,30). The van der Waals surface area contributed by atoms with Crippen molar-refractivity contribution < 1.29 is 14.3 Å². The van der Waals surface area contributed by atoms with Crippen molar-refractivity contribution in [1.29, 1.82) is 0 Å². The molecule has 0 radical (unpaired) electrons. The molecule has 0 saturated carbocycles. The van der Waals surface area contributed by atoms with Gasteiger partial charge in [-0.1, -0.05) is 18.2 Å². The lowest BCUT2D eigenvalue weighted by Gasteiger charge is -2.34. The Balaban J connectivity index is 1.36. The second kappa shape index (κ2) is 11.0. The van der Waals surface area contributed by atoms with E-state index in [2.05, 4.69) is 39.4 Å². The number of piperidine rings is 1. The third kappa shape index (κ3) is 7.69. The van der Waals surface area contributed by atoms with Gasteiger partial charge in [0.2, 0.25) is 5.91 Å². The molecule has 2 aliphatic heterocycles. The molecule has 7 heteroatoms. The maximum Gasteiger partial charge on any atom is 0.410 e. The fraction of sp³-hybridized carbons (Fsp3) is 0.680. The molecule has 178 valence electrons. The number of likely N-dealkylation sites (tertiary alicyclic amines) is 1. The zero-order chi connectivity index (χ0) is 23.1. The molecular formula is C25H40N4O3. The summed E-state index contributed by atoms with van der Waals surface area (Å²) in [6, 6.07) is 10.5. The first-order valence-corrected chi connectivity index (χ1v) is 11.9. The summed E-state index contributed by atoms with van der Waals surface area (Å²) in [6.07, 6.45) is 2.95. The number of rotatable bonds is 7. The highest BCUT2D eigenvalue weighted by Gasteiger charge is 2.27. The van der Waals surface area contributed by atoms with Crippen LogP contribution in [0.1, 0.15) is 40.0 Å². The second-order valence-corrected chi connectivity index (χ2v) is 10.3. The first-order chi connectivity index (χ1) is 15.2. The predicted molar refractivity (Wildman–Crippen MR) is 128 cm³/mol. The Bertz CT molecular complexity index is 749. The third-order valence-electron chi connectivity index (χ3n) is 6.20. The first kappa shape index (κ1) is 24.4. The van der Waals surface area contributed by atoms with Crippen LogP contribution in [0.2, 0.25) is 0 Å². The molecule has 2 amide bonds. The van der Waals surface area contributed by atoms with E-state index in [-0.39, 0.29) is 12.0 Å². The van der Waals surface area contributed by atoms with Crippen LogP contribution in [-0.4, -0.2) is 80.3 Å².